The van der Waals surface area contributed by atoms with Gasteiger partial charge < -0.3 is 26.0 Å². The Morgan fingerprint density at radius 2 is 0.946 bits per heavy atom. The van der Waals surface area contributed by atoms with Crippen LogP contribution in [0, 0.1) is 5.92 Å². The van der Waals surface area contributed by atoms with Crippen molar-refractivity contribution in [1.82, 2.24) is 30.2 Å². The van der Waals surface area contributed by atoms with Crippen molar-refractivity contribution in [3.05, 3.63) is 0 Å². The summed E-state index contributed by atoms with van der Waals surface area (Å²) in [5.41, 5.74) is 0. The lowest BCUT2D eigenvalue weighted by Gasteiger charge is -2.32. The SMILES string of the molecule is CC[C@H](C)C(=O)NCCNC(=O)CN1CCN(CC(=O)O)CCN(CC(=O)O)CCN(CC(=O)O)CC1. The maximum Gasteiger partial charge on any atom is 0.317 e. The number of carbonyl (C=O) groups is 5. The summed E-state index contributed by atoms with van der Waals surface area (Å²) in [6, 6.07) is 0. The molecule has 0 spiro atoms. The Balaban J connectivity index is 2.80. The van der Waals surface area contributed by atoms with Gasteiger partial charge in [-0.15, -0.1) is 0 Å². The Bertz CT molecular complexity index is 736. The third kappa shape index (κ3) is 15.1. The van der Waals surface area contributed by atoms with Gasteiger partial charge in [-0.25, -0.2) is 0 Å². The number of amides is 2. The van der Waals surface area contributed by atoms with E-state index in [0.717, 1.165) is 6.42 Å². The molecule has 212 valence electrons. The molecule has 0 radical (unpaired) electrons. The highest BCUT2D eigenvalue weighted by atomic mass is 16.4. The average molecular weight is 531 g/mol. The van der Waals surface area contributed by atoms with Gasteiger partial charge in [0.15, 0.2) is 0 Å². The molecule has 0 aromatic carbocycles. The molecule has 0 aliphatic carbocycles. The molecule has 0 saturated carbocycles. The maximum atomic E-state index is 12.5. The van der Waals surface area contributed by atoms with Crippen LogP contribution in [-0.2, 0) is 24.0 Å². The zero-order valence-electron chi connectivity index (χ0n) is 21.9. The quantitative estimate of drug-likeness (QED) is 0.161. The summed E-state index contributed by atoms with van der Waals surface area (Å²) in [7, 11) is 0. The Labute approximate surface area is 217 Å². The molecule has 1 aliphatic rings. The van der Waals surface area contributed by atoms with Crippen LogP contribution in [0.5, 0.6) is 0 Å². The zero-order chi connectivity index (χ0) is 27.8. The van der Waals surface area contributed by atoms with Crippen LogP contribution in [0.15, 0.2) is 0 Å². The Hall–Kier alpha value is -2.81. The van der Waals surface area contributed by atoms with E-state index in [-0.39, 0.29) is 50.5 Å². The average Bonchev–Trinajstić information content (AvgIpc) is 2.81. The van der Waals surface area contributed by atoms with Crippen molar-refractivity contribution in [2.24, 2.45) is 5.92 Å². The predicted octanol–water partition coefficient (Wildman–Crippen LogP) is -2.26. The van der Waals surface area contributed by atoms with E-state index < -0.39 is 17.9 Å². The first kappa shape index (κ1) is 32.2. The summed E-state index contributed by atoms with van der Waals surface area (Å²) in [6.07, 6.45) is 0.725. The number of carbonyl (C=O) groups excluding carboxylic acids is 2. The van der Waals surface area contributed by atoms with E-state index in [0.29, 0.717) is 58.9 Å². The second kappa shape index (κ2) is 17.6. The summed E-state index contributed by atoms with van der Waals surface area (Å²) in [5.74, 6) is -3.46. The number of nitrogens with one attached hydrogen (secondary N) is 2. The monoisotopic (exact) mass is 530 g/mol. The molecule has 14 nitrogen and oxygen atoms in total. The van der Waals surface area contributed by atoms with Crippen LogP contribution in [-0.4, -0.2) is 156 Å². The molecule has 0 aromatic rings. The minimum atomic E-state index is -1.02. The first-order chi connectivity index (χ1) is 17.5. The van der Waals surface area contributed by atoms with Crippen LogP contribution in [0.2, 0.25) is 0 Å². The Kier molecular flexibility index (Phi) is 15.3. The van der Waals surface area contributed by atoms with Crippen LogP contribution in [0.3, 0.4) is 0 Å². The summed E-state index contributed by atoms with van der Waals surface area (Å²) in [6.45, 7) is 6.34. The van der Waals surface area contributed by atoms with Gasteiger partial charge in [-0.2, -0.15) is 0 Å². The Morgan fingerprint density at radius 3 is 1.27 bits per heavy atom. The second-order valence-electron chi connectivity index (χ2n) is 9.24. The van der Waals surface area contributed by atoms with E-state index >= 15 is 0 Å². The van der Waals surface area contributed by atoms with E-state index in [1.165, 1.54) is 0 Å². The lowest BCUT2D eigenvalue weighted by atomic mass is 10.1. The van der Waals surface area contributed by atoms with E-state index in [1.54, 1.807) is 14.7 Å². The summed E-state index contributed by atoms with van der Waals surface area (Å²) < 4.78 is 0. The van der Waals surface area contributed by atoms with Crippen LogP contribution in [0.25, 0.3) is 0 Å². The third-order valence-corrected chi connectivity index (χ3v) is 6.18. The molecule has 37 heavy (non-hydrogen) atoms. The van der Waals surface area contributed by atoms with Gasteiger partial charge >= 0.3 is 17.9 Å². The standard InChI is InChI=1S/C23H42N6O8/c1-3-18(2)23(37)25-5-4-24-19(30)14-26-6-8-27(15-20(31)32)10-12-29(17-22(35)36)13-11-28(9-7-26)16-21(33)34/h18H,3-17H2,1-2H3,(H,24,30)(H,25,37)(H,31,32)(H,33,34)(H,35,36)/t18-/m0/s1. The van der Waals surface area contributed by atoms with Crippen molar-refractivity contribution >= 4 is 29.7 Å². The molecular formula is C23H42N6O8. The van der Waals surface area contributed by atoms with E-state index in [9.17, 15) is 39.3 Å². The van der Waals surface area contributed by atoms with Crippen molar-refractivity contribution in [3.63, 3.8) is 0 Å². The summed E-state index contributed by atoms with van der Waals surface area (Å²) in [5, 5.41) is 33.3. The van der Waals surface area contributed by atoms with Gasteiger partial charge in [0.1, 0.15) is 0 Å². The van der Waals surface area contributed by atoms with Crippen molar-refractivity contribution in [3.8, 4) is 0 Å². The number of aliphatic carboxylic acids is 3. The third-order valence-electron chi connectivity index (χ3n) is 6.18. The second-order valence-corrected chi connectivity index (χ2v) is 9.24. The number of rotatable bonds is 13. The number of carboxylic acid groups (broad SMARTS) is 3. The van der Waals surface area contributed by atoms with Crippen molar-refractivity contribution in [2.45, 2.75) is 20.3 Å². The molecule has 0 bridgehead atoms. The normalized spacial score (nSPS) is 18.2. The molecular weight excluding hydrogens is 488 g/mol. The van der Waals surface area contributed by atoms with Crippen LogP contribution < -0.4 is 10.6 Å². The van der Waals surface area contributed by atoms with Gasteiger partial charge in [0.25, 0.3) is 0 Å². The molecule has 1 atom stereocenters. The van der Waals surface area contributed by atoms with Crippen molar-refractivity contribution < 1.29 is 39.3 Å². The van der Waals surface area contributed by atoms with Gasteiger partial charge in [0, 0.05) is 71.4 Å². The van der Waals surface area contributed by atoms with Gasteiger partial charge in [0.05, 0.1) is 26.2 Å². The fourth-order valence-electron chi connectivity index (χ4n) is 3.79. The van der Waals surface area contributed by atoms with Crippen LogP contribution >= 0.6 is 0 Å². The number of carboxylic acids is 3. The first-order valence-corrected chi connectivity index (χ1v) is 12.6. The van der Waals surface area contributed by atoms with E-state index in [2.05, 4.69) is 10.6 Å². The smallest absolute Gasteiger partial charge is 0.317 e. The van der Waals surface area contributed by atoms with Crippen molar-refractivity contribution in [1.29, 1.82) is 0 Å². The molecule has 1 rings (SSSR count). The minimum absolute atomic E-state index is 0.0340. The highest BCUT2D eigenvalue weighted by Gasteiger charge is 2.21. The van der Waals surface area contributed by atoms with Gasteiger partial charge in [0.2, 0.25) is 11.8 Å². The first-order valence-electron chi connectivity index (χ1n) is 12.6. The van der Waals surface area contributed by atoms with Gasteiger partial charge in [-0.1, -0.05) is 13.8 Å². The molecule has 1 heterocycles. The topological polar surface area (TPSA) is 183 Å². The fourth-order valence-corrected chi connectivity index (χ4v) is 3.79. The van der Waals surface area contributed by atoms with Crippen molar-refractivity contribution in [2.75, 3.05) is 91.6 Å². The highest BCUT2D eigenvalue weighted by molar-refractivity contribution is 5.79. The molecule has 2 amide bonds. The number of hydrogen-bond acceptors (Lipinski definition) is 9. The highest BCUT2D eigenvalue weighted by Crippen LogP contribution is 2.02. The Morgan fingerprint density at radius 1 is 0.622 bits per heavy atom. The zero-order valence-corrected chi connectivity index (χ0v) is 21.9. The number of hydrogen-bond donors (Lipinski definition) is 5. The number of nitrogens with zero attached hydrogens (tertiary/aromatic N) is 4. The molecule has 5 N–H and O–H groups in total. The molecule has 1 aliphatic heterocycles. The molecule has 0 aromatic heterocycles. The summed E-state index contributed by atoms with van der Waals surface area (Å²) in [4.78, 5) is 65.2. The van der Waals surface area contributed by atoms with Crippen LogP contribution in [0.1, 0.15) is 20.3 Å². The van der Waals surface area contributed by atoms with E-state index in [4.69, 9.17) is 0 Å². The van der Waals surface area contributed by atoms with Crippen LogP contribution in [0.4, 0.5) is 0 Å². The summed E-state index contributed by atoms with van der Waals surface area (Å²) >= 11 is 0. The maximum absolute atomic E-state index is 12.5. The minimum Gasteiger partial charge on any atom is -0.480 e. The lowest BCUT2D eigenvalue weighted by molar-refractivity contribution is -0.140. The molecule has 0 unspecified atom stereocenters. The predicted molar refractivity (Wildman–Crippen MR) is 134 cm³/mol. The van der Waals surface area contributed by atoms with Gasteiger partial charge in [-0.3, -0.25) is 43.6 Å². The fraction of sp³-hybridized carbons (Fsp3) is 0.783. The molecule has 1 fully saturated rings. The molecule has 14 heteroatoms. The molecule has 1 saturated heterocycles. The lowest BCUT2D eigenvalue weighted by Crippen LogP contribution is -2.50. The largest absolute Gasteiger partial charge is 0.480 e. The van der Waals surface area contributed by atoms with E-state index in [1.807, 2.05) is 18.7 Å². The van der Waals surface area contributed by atoms with Gasteiger partial charge in [-0.05, 0) is 6.42 Å².